The number of amides is 1. The van der Waals surface area contributed by atoms with Gasteiger partial charge in [-0.05, 0) is 42.5 Å². The van der Waals surface area contributed by atoms with Gasteiger partial charge in [0.05, 0.1) is 4.01 Å². The number of para-hydroxylation sites is 1. The van der Waals surface area contributed by atoms with Crippen molar-refractivity contribution in [2.75, 3.05) is 5.32 Å². The summed E-state index contributed by atoms with van der Waals surface area (Å²) >= 11 is 3.45. The maximum Gasteiger partial charge on any atom is 0.411 e. The summed E-state index contributed by atoms with van der Waals surface area (Å²) in [4.78, 5) is 12.9. The van der Waals surface area contributed by atoms with Crippen LogP contribution >= 0.6 is 22.7 Å². The van der Waals surface area contributed by atoms with Crippen LogP contribution < -0.4 is 5.32 Å². The van der Waals surface area contributed by atoms with E-state index >= 15 is 0 Å². The van der Waals surface area contributed by atoms with E-state index in [1.54, 1.807) is 22.7 Å². The maximum absolute atomic E-state index is 11.8. The molecule has 2 heterocycles. The lowest BCUT2D eigenvalue weighted by Crippen LogP contribution is -2.13. The van der Waals surface area contributed by atoms with Crippen molar-refractivity contribution in [3.05, 3.63) is 51.7 Å². The van der Waals surface area contributed by atoms with E-state index in [1.807, 2.05) is 30.3 Å². The zero-order valence-electron chi connectivity index (χ0n) is 11.8. The average molecular weight is 317 g/mol. The van der Waals surface area contributed by atoms with Crippen molar-refractivity contribution in [1.29, 1.82) is 0 Å². The van der Waals surface area contributed by atoms with Crippen molar-refractivity contribution in [2.45, 2.75) is 20.5 Å². The smallest absolute Gasteiger partial charge is 0.411 e. The third-order valence-electron chi connectivity index (χ3n) is 3.30. The molecule has 0 atom stereocenters. The van der Waals surface area contributed by atoms with Crippen molar-refractivity contribution < 1.29 is 9.53 Å². The molecule has 21 heavy (non-hydrogen) atoms. The van der Waals surface area contributed by atoms with E-state index < -0.39 is 6.09 Å². The molecular weight excluding hydrogens is 302 g/mol. The third-order valence-corrected chi connectivity index (χ3v) is 5.79. The second kappa shape index (κ2) is 5.87. The number of carbonyl (C=O) groups excluding carboxylic acids is 1. The van der Waals surface area contributed by atoms with Crippen molar-refractivity contribution >= 4 is 43.9 Å². The summed E-state index contributed by atoms with van der Waals surface area (Å²) < 4.78 is 6.61. The zero-order chi connectivity index (χ0) is 14.8. The monoisotopic (exact) mass is 317 g/mol. The molecule has 1 aromatic carbocycles. The first-order chi connectivity index (χ1) is 10.1. The Labute approximate surface area is 131 Å². The summed E-state index contributed by atoms with van der Waals surface area (Å²) in [5.41, 5.74) is 3.26. The first-order valence-corrected chi connectivity index (χ1v) is 8.29. The molecule has 108 valence electrons. The van der Waals surface area contributed by atoms with Gasteiger partial charge in [-0.3, -0.25) is 5.32 Å². The zero-order valence-corrected chi connectivity index (χ0v) is 13.4. The Kier molecular flexibility index (Phi) is 3.94. The number of thiophene rings is 2. The fourth-order valence-electron chi connectivity index (χ4n) is 2.22. The molecule has 1 N–H and O–H groups in total. The van der Waals surface area contributed by atoms with Crippen LogP contribution in [0.5, 0.6) is 0 Å². The number of ether oxygens (including phenoxy) is 1. The van der Waals surface area contributed by atoms with Crippen LogP contribution in [0.15, 0.2) is 35.7 Å². The van der Waals surface area contributed by atoms with Crippen LogP contribution in [0.25, 0.3) is 9.40 Å². The fraction of sp³-hybridized carbons (Fsp3) is 0.188. The summed E-state index contributed by atoms with van der Waals surface area (Å²) in [6.07, 6.45) is -0.422. The molecule has 3 rings (SSSR count). The molecule has 0 bridgehead atoms. The molecule has 0 radical (unpaired) electrons. The SMILES string of the molecule is Cc1csc2sc(COC(=O)Nc3ccccc3)c(C)c12. The van der Waals surface area contributed by atoms with Gasteiger partial charge in [0.25, 0.3) is 0 Å². The van der Waals surface area contributed by atoms with Crippen LogP contribution in [0.3, 0.4) is 0 Å². The van der Waals surface area contributed by atoms with Crippen molar-refractivity contribution in [3.63, 3.8) is 0 Å². The molecular formula is C16H15NO2S2. The number of anilines is 1. The molecule has 0 unspecified atom stereocenters. The number of hydrogen-bond donors (Lipinski definition) is 1. The van der Waals surface area contributed by atoms with E-state index in [0.29, 0.717) is 6.61 Å². The highest BCUT2D eigenvalue weighted by Crippen LogP contribution is 2.37. The third kappa shape index (κ3) is 2.94. The van der Waals surface area contributed by atoms with Gasteiger partial charge in [0.1, 0.15) is 6.61 Å². The minimum Gasteiger partial charge on any atom is -0.444 e. The number of benzene rings is 1. The predicted molar refractivity (Wildman–Crippen MR) is 89.4 cm³/mol. The van der Waals surface area contributed by atoms with Gasteiger partial charge < -0.3 is 4.74 Å². The highest BCUT2D eigenvalue weighted by molar-refractivity contribution is 7.37. The second-order valence-corrected chi connectivity index (χ2v) is 7.04. The number of carbonyl (C=O) groups is 1. The van der Waals surface area contributed by atoms with Crippen LogP contribution in [0.4, 0.5) is 10.5 Å². The molecule has 0 fully saturated rings. The summed E-state index contributed by atoms with van der Waals surface area (Å²) in [6, 6.07) is 9.31. The molecule has 0 saturated carbocycles. The molecule has 0 aliphatic carbocycles. The largest absolute Gasteiger partial charge is 0.444 e. The molecule has 3 aromatic rings. The highest BCUT2D eigenvalue weighted by Gasteiger charge is 2.13. The first-order valence-electron chi connectivity index (χ1n) is 6.60. The summed E-state index contributed by atoms with van der Waals surface area (Å²) in [6.45, 7) is 4.52. The first kappa shape index (κ1) is 14.1. The van der Waals surface area contributed by atoms with Gasteiger partial charge in [0, 0.05) is 16.0 Å². The van der Waals surface area contributed by atoms with Crippen molar-refractivity contribution in [1.82, 2.24) is 0 Å². The molecule has 0 saturated heterocycles. The predicted octanol–water partition coefficient (Wildman–Crippen LogP) is 5.33. The molecule has 0 aliphatic rings. The number of nitrogens with one attached hydrogen (secondary N) is 1. The second-order valence-electron chi connectivity index (χ2n) is 4.80. The molecule has 5 heteroatoms. The minimum atomic E-state index is -0.422. The molecule has 2 aromatic heterocycles. The van der Waals surface area contributed by atoms with Gasteiger partial charge in [0.15, 0.2) is 0 Å². The Morgan fingerprint density at radius 2 is 2.00 bits per heavy atom. The Bertz CT molecular complexity index is 774. The Morgan fingerprint density at radius 1 is 1.24 bits per heavy atom. The van der Waals surface area contributed by atoms with Crippen molar-refractivity contribution in [3.8, 4) is 0 Å². The Balaban J connectivity index is 1.66. The van der Waals surface area contributed by atoms with Crippen LogP contribution in [0.1, 0.15) is 16.0 Å². The van der Waals surface area contributed by atoms with Crippen LogP contribution in [0, 0.1) is 13.8 Å². The molecule has 0 aliphatic heterocycles. The normalized spacial score (nSPS) is 10.8. The maximum atomic E-state index is 11.8. The van der Waals surface area contributed by atoms with E-state index in [1.165, 1.54) is 20.5 Å². The number of aryl methyl sites for hydroxylation is 2. The number of rotatable bonds is 3. The van der Waals surface area contributed by atoms with Gasteiger partial charge in [-0.15, -0.1) is 22.7 Å². The summed E-state index contributed by atoms with van der Waals surface area (Å²) in [5.74, 6) is 0. The van der Waals surface area contributed by atoms with E-state index in [9.17, 15) is 4.79 Å². The fourth-order valence-corrected chi connectivity index (χ4v) is 4.70. The number of fused-ring (bicyclic) bond motifs is 1. The molecule has 0 spiro atoms. The van der Waals surface area contributed by atoms with E-state index in [4.69, 9.17) is 4.74 Å². The summed E-state index contributed by atoms with van der Waals surface area (Å²) in [5, 5.41) is 6.20. The topological polar surface area (TPSA) is 38.3 Å². The Morgan fingerprint density at radius 3 is 2.71 bits per heavy atom. The lowest BCUT2D eigenvalue weighted by molar-refractivity contribution is 0.156. The molecule has 3 nitrogen and oxygen atoms in total. The standard InChI is InChI=1S/C16H15NO2S2/c1-10-9-20-15-14(10)11(2)13(21-15)8-19-16(18)17-12-6-4-3-5-7-12/h3-7,9H,8H2,1-2H3,(H,17,18). The quantitative estimate of drug-likeness (QED) is 0.709. The highest BCUT2D eigenvalue weighted by atomic mass is 32.2. The van der Waals surface area contributed by atoms with Gasteiger partial charge in [-0.25, -0.2) is 4.79 Å². The lowest BCUT2D eigenvalue weighted by Gasteiger charge is -2.06. The van der Waals surface area contributed by atoms with E-state index in [-0.39, 0.29) is 0 Å². The van der Waals surface area contributed by atoms with Crippen molar-refractivity contribution in [2.24, 2.45) is 0 Å². The van der Waals surface area contributed by atoms with E-state index in [2.05, 4.69) is 24.5 Å². The van der Waals surface area contributed by atoms with Gasteiger partial charge >= 0.3 is 6.09 Å². The van der Waals surface area contributed by atoms with E-state index in [0.717, 1.165) is 10.6 Å². The molecule has 1 amide bonds. The number of hydrogen-bond acceptors (Lipinski definition) is 4. The van der Waals surface area contributed by atoms with Gasteiger partial charge in [0.2, 0.25) is 0 Å². The lowest BCUT2D eigenvalue weighted by atomic mass is 10.1. The van der Waals surface area contributed by atoms with Gasteiger partial charge in [-0.1, -0.05) is 18.2 Å². The van der Waals surface area contributed by atoms with Gasteiger partial charge in [-0.2, -0.15) is 0 Å². The van der Waals surface area contributed by atoms with Crippen LogP contribution in [-0.4, -0.2) is 6.09 Å². The Hall–Kier alpha value is -1.85. The van der Waals surface area contributed by atoms with Crippen LogP contribution in [-0.2, 0) is 11.3 Å². The minimum absolute atomic E-state index is 0.315. The van der Waals surface area contributed by atoms with Crippen LogP contribution in [0.2, 0.25) is 0 Å². The summed E-state index contributed by atoms with van der Waals surface area (Å²) in [7, 11) is 0. The average Bonchev–Trinajstić information content (AvgIpc) is 2.99.